The van der Waals surface area contributed by atoms with Crippen molar-refractivity contribution >= 4 is 17.9 Å². The summed E-state index contributed by atoms with van der Waals surface area (Å²) in [5.41, 5.74) is 0.968. The Bertz CT molecular complexity index is 354. The van der Waals surface area contributed by atoms with Crippen LogP contribution in [0, 0.1) is 5.92 Å². The first-order valence-electron chi connectivity index (χ1n) is 5.51. The average Bonchev–Trinajstić information content (AvgIpc) is 2.13. The second-order valence-corrected chi connectivity index (χ2v) is 4.28. The van der Waals surface area contributed by atoms with E-state index >= 15 is 0 Å². The van der Waals surface area contributed by atoms with Gasteiger partial charge in [-0.05, 0) is 26.8 Å². The van der Waals surface area contributed by atoms with Crippen LogP contribution in [0.3, 0.4) is 0 Å². The van der Waals surface area contributed by atoms with Crippen LogP contribution in [0.5, 0.6) is 0 Å². The first-order chi connectivity index (χ1) is 8.22. The second-order valence-electron chi connectivity index (χ2n) is 4.28. The van der Waals surface area contributed by atoms with E-state index in [9.17, 15) is 14.4 Å². The minimum atomic E-state index is -1.32. The molecule has 6 heteroatoms. The molecule has 2 N–H and O–H groups in total. The lowest BCUT2D eigenvalue weighted by molar-refractivity contribution is -0.155. The maximum atomic E-state index is 11.4. The molecule has 0 aliphatic carbocycles. The number of carboxylic acid groups (broad SMARTS) is 2. The highest BCUT2D eigenvalue weighted by molar-refractivity contribution is 5.82. The third-order valence-electron chi connectivity index (χ3n) is 2.07. The molecule has 0 aromatic heterocycles. The van der Waals surface area contributed by atoms with Crippen molar-refractivity contribution in [2.75, 3.05) is 0 Å². The van der Waals surface area contributed by atoms with Gasteiger partial charge in [0, 0.05) is 0 Å². The highest BCUT2D eigenvalue weighted by Crippen LogP contribution is 2.12. The van der Waals surface area contributed by atoms with Crippen LogP contribution in [0.1, 0.15) is 33.6 Å². The van der Waals surface area contributed by atoms with E-state index in [1.807, 2.05) is 13.8 Å². The van der Waals surface area contributed by atoms with E-state index in [1.54, 1.807) is 13.0 Å². The van der Waals surface area contributed by atoms with Gasteiger partial charge in [-0.3, -0.25) is 14.4 Å². The van der Waals surface area contributed by atoms with Crippen LogP contribution in [0.25, 0.3) is 0 Å². The molecule has 102 valence electrons. The molecular formula is C12H18O6. The molecule has 18 heavy (non-hydrogen) atoms. The van der Waals surface area contributed by atoms with Crippen LogP contribution in [0.15, 0.2) is 11.6 Å². The number of ether oxygens (including phenoxy) is 1. The molecule has 2 atom stereocenters. The smallest absolute Gasteiger partial charge is 0.307 e. The predicted molar refractivity (Wildman–Crippen MR) is 63.0 cm³/mol. The van der Waals surface area contributed by atoms with Crippen LogP contribution in [-0.2, 0) is 19.1 Å². The second kappa shape index (κ2) is 7.47. The van der Waals surface area contributed by atoms with E-state index in [0.717, 1.165) is 5.57 Å². The number of allylic oxidation sites excluding steroid dienone is 1. The molecule has 0 rings (SSSR count). The molecule has 0 bridgehead atoms. The molecule has 0 saturated heterocycles. The number of hydrogen-bond donors (Lipinski definition) is 2. The summed E-state index contributed by atoms with van der Waals surface area (Å²) in [7, 11) is 0. The van der Waals surface area contributed by atoms with Gasteiger partial charge in [-0.25, -0.2) is 0 Å². The third-order valence-corrected chi connectivity index (χ3v) is 2.07. The highest BCUT2D eigenvalue weighted by Gasteiger charge is 2.25. The standard InChI is InChI=1S/C12H18O6/c1-7(2)4-8(3)18-11(15)6-9(12(16)17)5-10(13)14/h4,8-9H,5-6H2,1-3H3,(H,13,14)(H,16,17). The molecule has 0 aliphatic heterocycles. The molecule has 6 nitrogen and oxygen atoms in total. The zero-order chi connectivity index (χ0) is 14.3. The van der Waals surface area contributed by atoms with Gasteiger partial charge in [0.05, 0.1) is 18.8 Å². The fourth-order valence-electron chi connectivity index (χ4n) is 1.42. The number of hydrogen-bond acceptors (Lipinski definition) is 4. The Morgan fingerprint density at radius 3 is 2.11 bits per heavy atom. The Hall–Kier alpha value is -1.85. The number of esters is 1. The van der Waals surface area contributed by atoms with Crippen molar-refractivity contribution in [3.63, 3.8) is 0 Å². The van der Waals surface area contributed by atoms with E-state index in [0.29, 0.717) is 0 Å². The summed E-state index contributed by atoms with van der Waals surface area (Å²) in [4.78, 5) is 32.6. The summed E-state index contributed by atoms with van der Waals surface area (Å²) < 4.78 is 4.95. The summed E-state index contributed by atoms with van der Waals surface area (Å²) in [6.45, 7) is 5.33. The van der Waals surface area contributed by atoms with E-state index in [4.69, 9.17) is 14.9 Å². The minimum absolute atomic E-state index is 0.442. The molecule has 2 unspecified atom stereocenters. The van der Waals surface area contributed by atoms with Gasteiger partial charge in [0.2, 0.25) is 0 Å². The monoisotopic (exact) mass is 258 g/mol. The van der Waals surface area contributed by atoms with Crippen LogP contribution in [-0.4, -0.2) is 34.2 Å². The SMILES string of the molecule is CC(C)=CC(C)OC(=O)CC(CC(=O)O)C(=O)O. The van der Waals surface area contributed by atoms with Crippen molar-refractivity contribution < 1.29 is 29.3 Å². The van der Waals surface area contributed by atoms with Gasteiger partial charge in [0.1, 0.15) is 6.10 Å². The molecule has 0 aromatic rings. The Morgan fingerprint density at radius 2 is 1.72 bits per heavy atom. The maximum absolute atomic E-state index is 11.4. The fourth-order valence-corrected chi connectivity index (χ4v) is 1.42. The van der Waals surface area contributed by atoms with Crippen molar-refractivity contribution in [1.82, 2.24) is 0 Å². The van der Waals surface area contributed by atoms with Gasteiger partial charge in [-0.1, -0.05) is 5.57 Å². The lowest BCUT2D eigenvalue weighted by Gasteiger charge is -2.13. The topological polar surface area (TPSA) is 101 Å². The van der Waals surface area contributed by atoms with Crippen molar-refractivity contribution in [2.45, 2.75) is 39.7 Å². The van der Waals surface area contributed by atoms with Crippen LogP contribution < -0.4 is 0 Å². The number of carbonyl (C=O) groups is 3. The van der Waals surface area contributed by atoms with E-state index < -0.39 is 42.8 Å². The average molecular weight is 258 g/mol. The van der Waals surface area contributed by atoms with Gasteiger partial charge in [-0.15, -0.1) is 0 Å². The normalized spacial score (nSPS) is 13.3. The molecule has 0 spiro atoms. The highest BCUT2D eigenvalue weighted by atomic mass is 16.5. The molecule has 0 amide bonds. The summed E-state index contributed by atoms with van der Waals surface area (Å²) in [6, 6.07) is 0. The minimum Gasteiger partial charge on any atom is -0.481 e. The third kappa shape index (κ3) is 7.43. The zero-order valence-corrected chi connectivity index (χ0v) is 10.7. The van der Waals surface area contributed by atoms with Crippen molar-refractivity contribution in [3.8, 4) is 0 Å². The molecule has 0 aliphatic rings. The first-order valence-corrected chi connectivity index (χ1v) is 5.51. The number of aliphatic carboxylic acids is 2. The van der Waals surface area contributed by atoms with Gasteiger partial charge in [-0.2, -0.15) is 0 Å². The summed E-state index contributed by atoms with van der Waals surface area (Å²) in [5.74, 6) is -4.54. The molecule has 0 fully saturated rings. The van der Waals surface area contributed by atoms with Crippen LogP contribution in [0.2, 0.25) is 0 Å². The van der Waals surface area contributed by atoms with E-state index in [2.05, 4.69) is 0 Å². The molecule has 0 aromatic carbocycles. The van der Waals surface area contributed by atoms with Crippen molar-refractivity contribution in [1.29, 1.82) is 0 Å². The van der Waals surface area contributed by atoms with Crippen molar-refractivity contribution in [2.24, 2.45) is 5.92 Å². The van der Waals surface area contributed by atoms with Crippen LogP contribution in [0.4, 0.5) is 0 Å². The Labute approximate surface area is 105 Å². The van der Waals surface area contributed by atoms with Crippen molar-refractivity contribution in [3.05, 3.63) is 11.6 Å². The summed E-state index contributed by atoms with van der Waals surface area (Å²) >= 11 is 0. The molecular weight excluding hydrogens is 240 g/mol. The number of rotatable bonds is 7. The number of carboxylic acids is 2. The Balaban J connectivity index is 4.39. The van der Waals surface area contributed by atoms with E-state index in [1.165, 1.54) is 0 Å². The summed E-state index contributed by atoms with van der Waals surface area (Å²) in [6.07, 6.45) is 0.219. The number of carbonyl (C=O) groups excluding carboxylic acids is 1. The Morgan fingerprint density at radius 1 is 1.17 bits per heavy atom. The largest absolute Gasteiger partial charge is 0.481 e. The van der Waals surface area contributed by atoms with Gasteiger partial charge in [0.25, 0.3) is 0 Å². The first kappa shape index (κ1) is 16.1. The summed E-state index contributed by atoms with van der Waals surface area (Å²) in [5, 5.41) is 17.3. The van der Waals surface area contributed by atoms with E-state index in [-0.39, 0.29) is 0 Å². The Kier molecular flexibility index (Phi) is 6.70. The predicted octanol–water partition coefficient (Wildman–Crippen LogP) is 1.45. The van der Waals surface area contributed by atoms with Gasteiger partial charge >= 0.3 is 17.9 Å². The molecule has 0 heterocycles. The maximum Gasteiger partial charge on any atom is 0.307 e. The quantitative estimate of drug-likeness (QED) is 0.529. The fraction of sp³-hybridized carbons (Fsp3) is 0.583. The van der Waals surface area contributed by atoms with Gasteiger partial charge in [0.15, 0.2) is 0 Å². The lowest BCUT2D eigenvalue weighted by Crippen LogP contribution is -2.24. The molecule has 0 saturated carbocycles. The lowest BCUT2D eigenvalue weighted by atomic mass is 10.0. The van der Waals surface area contributed by atoms with Crippen LogP contribution >= 0.6 is 0 Å². The van der Waals surface area contributed by atoms with Gasteiger partial charge < -0.3 is 14.9 Å². The zero-order valence-electron chi connectivity index (χ0n) is 10.7. The molecule has 0 radical (unpaired) electrons.